The molecule has 0 aliphatic heterocycles. The monoisotopic (exact) mass is 228 g/mol. The Hall–Kier alpha value is -1.59. The Morgan fingerprint density at radius 1 is 1.31 bits per heavy atom. The van der Waals surface area contributed by atoms with Crippen LogP contribution >= 0.6 is 0 Å². The molecule has 1 aliphatic carbocycles. The minimum Gasteiger partial charge on any atom is -0.480 e. The zero-order chi connectivity index (χ0) is 12.1. The van der Waals surface area contributed by atoms with E-state index in [-0.39, 0.29) is 18.4 Å². The summed E-state index contributed by atoms with van der Waals surface area (Å²) in [5, 5.41) is 13.7. The fraction of sp³-hybridized carbons (Fsp3) is 0.700. The van der Waals surface area contributed by atoms with Gasteiger partial charge in [-0.2, -0.15) is 0 Å². The molecule has 6 heteroatoms. The van der Waals surface area contributed by atoms with Gasteiger partial charge in [0.15, 0.2) is 0 Å². The van der Waals surface area contributed by atoms with Crippen LogP contribution in [-0.4, -0.2) is 35.5 Å². The predicted molar refractivity (Wildman–Crippen MR) is 55.6 cm³/mol. The van der Waals surface area contributed by atoms with Crippen LogP contribution in [0.15, 0.2) is 0 Å². The molecule has 0 saturated heterocycles. The molecule has 0 aromatic rings. The zero-order valence-corrected chi connectivity index (χ0v) is 9.16. The molecule has 1 saturated carbocycles. The molecule has 0 heterocycles. The second-order valence-corrected chi connectivity index (χ2v) is 3.85. The summed E-state index contributed by atoms with van der Waals surface area (Å²) in [6, 6.07) is -0.814. The van der Waals surface area contributed by atoms with Gasteiger partial charge in [-0.3, -0.25) is 9.59 Å². The molecular weight excluding hydrogens is 212 g/mol. The van der Waals surface area contributed by atoms with Crippen molar-refractivity contribution in [1.82, 2.24) is 10.6 Å². The van der Waals surface area contributed by atoms with Gasteiger partial charge < -0.3 is 15.7 Å². The van der Waals surface area contributed by atoms with E-state index in [1.807, 2.05) is 0 Å². The number of aliphatic carboxylic acids is 1. The smallest absolute Gasteiger partial charge is 0.326 e. The summed E-state index contributed by atoms with van der Waals surface area (Å²) < 4.78 is 0. The van der Waals surface area contributed by atoms with Crippen molar-refractivity contribution in [3.05, 3.63) is 0 Å². The highest BCUT2D eigenvalue weighted by atomic mass is 16.4. The SMILES string of the molecule is CCC(=O)NCC(=O)NC(C(=O)O)C1CC1. The third kappa shape index (κ3) is 3.88. The highest BCUT2D eigenvalue weighted by molar-refractivity contribution is 5.88. The summed E-state index contributed by atoms with van der Waals surface area (Å²) in [6.07, 6.45) is 1.97. The summed E-state index contributed by atoms with van der Waals surface area (Å²) in [5.41, 5.74) is 0. The first-order valence-electron chi connectivity index (χ1n) is 5.33. The number of amides is 2. The van der Waals surface area contributed by atoms with Gasteiger partial charge >= 0.3 is 5.97 Å². The molecule has 0 spiro atoms. The van der Waals surface area contributed by atoms with Crippen LogP contribution in [0.4, 0.5) is 0 Å². The van der Waals surface area contributed by atoms with Gasteiger partial charge in [0.2, 0.25) is 11.8 Å². The second kappa shape index (κ2) is 5.48. The van der Waals surface area contributed by atoms with Crippen LogP contribution in [0.25, 0.3) is 0 Å². The molecule has 90 valence electrons. The largest absolute Gasteiger partial charge is 0.480 e. The number of carboxylic acid groups (broad SMARTS) is 1. The van der Waals surface area contributed by atoms with E-state index in [2.05, 4.69) is 10.6 Å². The van der Waals surface area contributed by atoms with Gasteiger partial charge in [-0.25, -0.2) is 4.79 Å². The minimum absolute atomic E-state index is 0.0447. The van der Waals surface area contributed by atoms with Gasteiger partial charge in [-0.1, -0.05) is 6.92 Å². The molecule has 1 aliphatic rings. The third-order valence-electron chi connectivity index (χ3n) is 2.44. The van der Waals surface area contributed by atoms with Crippen LogP contribution in [0.3, 0.4) is 0 Å². The maximum Gasteiger partial charge on any atom is 0.326 e. The number of carboxylic acids is 1. The lowest BCUT2D eigenvalue weighted by molar-refractivity contribution is -0.142. The van der Waals surface area contributed by atoms with Crippen molar-refractivity contribution in [3.63, 3.8) is 0 Å². The lowest BCUT2D eigenvalue weighted by Crippen LogP contribution is -2.46. The summed E-state index contributed by atoms with van der Waals surface area (Å²) in [6.45, 7) is 1.51. The molecule has 0 radical (unpaired) electrons. The number of carbonyl (C=O) groups is 3. The minimum atomic E-state index is -1.02. The molecule has 1 fully saturated rings. The lowest BCUT2D eigenvalue weighted by Gasteiger charge is -2.13. The average Bonchev–Trinajstić information content (AvgIpc) is 3.05. The third-order valence-corrected chi connectivity index (χ3v) is 2.44. The highest BCUT2D eigenvalue weighted by Gasteiger charge is 2.37. The maximum absolute atomic E-state index is 11.3. The van der Waals surface area contributed by atoms with Gasteiger partial charge in [-0.15, -0.1) is 0 Å². The number of hydrogen-bond acceptors (Lipinski definition) is 3. The van der Waals surface area contributed by atoms with Crippen LogP contribution < -0.4 is 10.6 Å². The van der Waals surface area contributed by atoms with Crippen LogP contribution in [0.5, 0.6) is 0 Å². The van der Waals surface area contributed by atoms with Gasteiger partial charge in [0, 0.05) is 6.42 Å². The van der Waals surface area contributed by atoms with E-state index in [4.69, 9.17) is 5.11 Å². The molecule has 1 rings (SSSR count). The van der Waals surface area contributed by atoms with E-state index in [0.717, 1.165) is 12.8 Å². The van der Waals surface area contributed by atoms with E-state index < -0.39 is 17.9 Å². The van der Waals surface area contributed by atoms with Crippen LogP contribution in [0.1, 0.15) is 26.2 Å². The fourth-order valence-electron chi connectivity index (χ4n) is 1.34. The Balaban J connectivity index is 2.31. The van der Waals surface area contributed by atoms with Crippen molar-refractivity contribution < 1.29 is 19.5 Å². The average molecular weight is 228 g/mol. The molecule has 0 bridgehead atoms. The van der Waals surface area contributed by atoms with Gasteiger partial charge in [0.05, 0.1) is 6.54 Å². The van der Waals surface area contributed by atoms with Crippen molar-refractivity contribution in [3.8, 4) is 0 Å². The quantitative estimate of drug-likeness (QED) is 0.570. The van der Waals surface area contributed by atoms with E-state index in [9.17, 15) is 14.4 Å². The van der Waals surface area contributed by atoms with Gasteiger partial charge in [-0.05, 0) is 18.8 Å². The van der Waals surface area contributed by atoms with E-state index in [1.54, 1.807) is 6.92 Å². The highest BCUT2D eigenvalue weighted by Crippen LogP contribution is 2.32. The van der Waals surface area contributed by atoms with Crippen LogP contribution in [0, 0.1) is 5.92 Å². The number of rotatable bonds is 6. The Morgan fingerprint density at radius 3 is 2.38 bits per heavy atom. The molecule has 6 nitrogen and oxygen atoms in total. The molecular formula is C10H16N2O4. The predicted octanol–water partition coefficient (Wildman–Crippen LogP) is -0.508. The first-order chi connectivity index (χ1) is 7.54. The Labute approximate surface area is 93.4 Å². The molecule has 1 unspecified atom stereocenters. The van der Waals surface area contributed by atoms with Crippen molar-refractivity contribution in [1.29, 1.82) is 0 Å². The summed E-state index contributed by atoms with van der Waals surface area (Å²) in [7, 11) is 0. The zero-order valence-electron chi connectivity index (χ0n) is 9.16. The number of nitrogens with one attached hydrogen (secondary N) is 2. The summed E-state index contributed by atoms with van der Waals surface area (Å²) in [5.74, 6) is -1.66. The van der Waals surface area contributed by atoms with Crippen molar-refractivity contribution >= 4 is 17.8 Å². The molecule has 0 aromatic carbocycles. The fourth-order valence-corrected chi connectivity index (χ4v) is 1.34. The Kier molecular flexibility index (Phi) is 4.28. The van der Waals surface area contributed by atoms with E-state index in [1.165, 1.54) is 0 Å². The number of hydrogen-bond donors (Lipinski definition) is 3. The summed E-state index contributed by atoms with van der Waals surface area (Å²) >= 11 is 0. The van der Waals surface area contributed by atoms with Crippen molar-refractivity contribution in [2.75, 3.05) is 6.54 Å². The maximum atomic E-state index is 11.3. The molecule has 16 heavy (non-hydrogen) atoms. The lowest BCUT2D eigenvalue weighted by atomic mass is 10.2. The van der Waals surface area contributed by atoms with Crippen LogP contribution in [-0.2, 0) is 14.4 Å². The molecule has 2 amide bonds. The van der Waals surface area contributed by atoms with E-state index >= 15 is 0 Å². The summed E-state index contributed by atoms with van der Waals surface area (Å²) in [4.78, 5) is 33.0. The van der Waals surface area contributed by atoms with Crippen LogP contribution in [0.2, 0.25) is 0 Å². The first-order valence-corrected chi connectivity index (χ1v) is 5.33. The standard InChI is InChI=1S/C10H16N2O4/c1-2-7(13)11-5-8(14)12-9(10(15)16)6-3-4-6/h6,9H,2-5H2,1H3,(H,11,13)(H,12,14)(H,15,16). The normalized spacial score (nSPS) is 16.3. The van der Waals surface area contributed by atoms with Gasteiger partial charge in [0.25, 0.3) is 0 Å². The molecule has 3 N–H and O–H groups in total. The molecule has 1 atom stereocenters. The van der Waals surface area contributed by atoms with Crippen molar-refractivity contribution in [2.24, 2.45) is 5.92 Å². The van der Waals surface area contributed by atoms with Gasteiger partial charge in [0.1, 0.15) is 6.04 Å². The van der Waals surface area contributed by atoms with E-state index in [0.29, 0.717) is 6.42 Å². The first kappa shape index (κ1) is 12.5. The second-order valence-electron chi connectivity index (χ2n) is 3.85. The molecule has 0 aromatic heterocycles. The number of carbonyl (C=O) groups excluding carboxylic acids is 2. The Bertz CT molecular complexity index is 299. The van der Waals surface area contributed by atoms with Crippen molar-refractivity contribution in [2.45, 2.75) is 32.2 Å². The topological polar surface area (TPSA) is 95.5 Å². The Morgan fingerprint density at radius 2 is 1.94 bits per heavy atom.